The highest BCUT2D eigenvalue weighted by Gasteiger charge is 2.25. The first-order chi connectivity index (χ1) is 7.60. The molecule has 0 saturated heterocycles. The second-order valence-electron chi connectivity index (χ2n) is 4.26. The summed E-state index contributed by atoms with van der Waals surface area (Å²) >= 11 is 0. The van der Waals surface area contributed by atoms with Gasteiger partial charge in [0.1, 0.15) is 0 Å². The Morgan fingerprint density at radius 3 is 2.44 bits per heavy atom. The van der Waals surface area contributed by atoms with Crippen LogP contribution < -0.4 is 0 Å². The van der Waals surface area contributed by atoms with E-state index in [9.17, 15) is 8.42 Å². The Labute approximate surface area is 96.9 Å². The fourth-order valence-corrected chi connectivity index (χ4v) is 3.60. The lowest BCUT2D eigenvalue weighted by atomic mass is 10.1. The van der Waals surface area contributed by atoms with Crippen molar-refractivity contribution in [3.05, 3.63) is 42.0 Å². The minimum absolute atomic E-state index is 0.330. The zero-order chi connectivity index (χ0) is 11.6. The summed E-state index contributed by atoms with van der Waals surface area (Å²) in [5.41, 5.74) is 1.08. The topological polar surface area (TPSA) is 34.1 Å². The van der Waals surface area contributed by atoms with Gasteiger partial charge in [-0.1, -0.05) is 29.8 Å². The molecule has 0 fully saturated rings. The van der Waals surface area contributed by atoms with Gasteiger partial charge in [0, 0.05) is 0 Å². The smallest absolute Gasteiger partial charge is 0.184 e. The highest BCUT2D eigenvalue weighted by atomic mass is 32.2. The van der Waals surface area contributed by atoms with Crippen molar-refractivity contribution in [3.63, 3.8) is 0 Å². The van der Waals surface area contributed by atoms with Gasteiger partial charge in [0.15, 0.2) is 9.84 Å². The predicted octanol–water partition coefficient (Wildman–Crippen LogP) is 2.88. The molecule has 0 saturated carbocycles. The standard InChI is InChI=1S/C13H16O2S/c1-11-7-9-13(10-8-11)16(14,15)12-5-3-2-4-6-12/h3,5,7-10,12H,2,4,6H2,1H3/t12-/m0/s1. The Bertz CT molecular complexity index is 483. The van der Waals surface area contributed by atoms with Gasteiger partial charge in [-0.15, -0.1) is 0 Å². The fraction of sp³-hybridized carbons (Fsp3) is 0.385. The van der Waals surface area contributed by atoms with E-state index in [2.05, 4.69) is 0 Å². The van der Waals surface area contributed by atoms with Crippen molar-refractivity contribution >= 4 is 9.84 Å². The van der Waals surface area contributed by atoms with E-state index in [0.717, 1.165) is 24.8 Å². The average Bonchev–Trinajstić information content (AvgIpc) is 2.31. The maximum atomic E-state index is 12.2. The molecule has 1 aliphatic rings. The lowest BCUT2D eigenvalue weighted by Gasteiger charge is -2.17. The van der Waals surface area contributed by atoms with E-state index >= 15 is 0 Å². The Kier molecular flexibility index (Phi) is 3.15. The van der Waals surface area contributed by atoms with Crippen LogP contribution in [-0.4, -0.2) is 13.7 Å². The Morgan fingerprint density at radius 1 is 1.19 bits per heavy atom. The predicted molar refractivity (Wildman–Crippen MR) is 65.1 cm³/mol. The zero-order valence-corrected chi connectivity index (χ0v) is 10.2. The summed E-state index contributed by atoms with van der Waals surface area (Å²) in [5.74, 6) is 0. The molecule has 1 atom stereocenters. The van der Waals surface area contributed by atoms with Crippen molar-refractivity contribution in [2.75, 3.05) is 0 Å². The lowest BCUT2D eigenvalue weighted by molar-refractivity contribution is 0.577. The third kappa shape index (κ3) is 2.19. The van der Waals surface area contributed by atoms with Gasteiger partial charge in [0.2, 0.25) is 0 Å². The minimum Gasteiger partial charge on any atom is -0.223 e. The maximum absolute atomic E-state index is 12.2. The second kappa shape index (κ2) is 4.42. The van der Waals surface area contributed by atoms with Crippen LogP contribution in [0.1, 0.15) is 24.8 Å². The summed E-state index contributed by atoms with van der Waals surface area (Å²) in [5, 5.41) is -0.330. The lowest BCUT2D eigenvalue weighted by Crippen LogP contribution is -2.20. The van der Waals surface area contributed by atoms with E-state index in [-0.39, 0.29) is 5.25 Å². The van der Waals surface area contributed by atoms with Crippen molar-refractivity contribution in [1.82, 2.24) is 0 Å². The first-order valence-electron chi connectivity index (χ1n) is 5.58. The molecule has 1 aromatic carbocycles. The van der Waals surface area contributed by atoms with Crippen LogP contribution in [0.15, 0.2) is 41.3 Å². The largest absolute Gasteiger partial charge is 0.223 e. The molecule has 2 nitrogen and oxygen atoms in total. The van der Waals surface area contributed by atoms with Crippen molar-refractivity contribution in [1.29, 1.82) is 0 Å². The SMILES string of the molecule is Cc1ccc(S(=O)(=O)[C@H]2C=CCCC2)cc1. The normalized spacial score (nSPS) is 20.9. The molecule has 1 aliphatic carbocycles. The first kappa shape index (κ1) is 11.4. The van der Waals surface area contributed by atoms with E-state index in [1.54, 1.807) is 12.1 Å². The molecule has 16 heavy (non-hydrogen) atoms. The van der Waals surface area contributed by atoms with Gasteiger partial charge in [-0.25, -0.2) is 8.42 Å². The number of hydrogen-bond acceptors (Lipinski definition) is 2. The highest BCUT2D eigenvalue weighted by molar-refractivity contribution is 7.92. The van der Waals surface area contributed by atoms with Crippen LogP contribution in [0.2, 0.25) is 0 Å². The van der Waals surface area contributed by atoms with Gasteiger partial charge >= 0.3 is 0 Å². The van der Waals surface area contributed by atoms with Crippen LogP contribution in [-0.2, 0) is 9.84 Å². The van der Waals surface area contributed by atoms with Gasteiger partial charge < -0.3 is 0 Å². The summed E-state index contributed by atoms with van der Waals surface area (Å²) in [6.07, 6.45) is 6.51. The molecule has 0 heterocycles. The third-order valence-corrected chi connectivity index (χ3v) is 5.08. The van der Waals surface area contributed by atoms with Crippen LogP contribution in [0.4, 0.5) is 0 Å². The Morgan fingerprint density at radius 2 is 1.88 bits per heavy atom. The summed E-state index contributed by atoms with van der Waals surface area (Å²) in [7, 11) is -3.17. The summed E-state index contributed by atoms with van der Waals surface area (Å²) in [6, 6.07) is 7.10. The number of allylic oxidation sites excluding steroid dienone is 1. The second-order valence-corrected chi connectivity index (χ2v) is 6.42. The summed E-state index contributed by atoms with van der Waals surface area (Å²) in [4.78, 5) is 0.439. The molecule has 3 heteroatoms. The van der Waals surface area contributed by atoms with E-state index in [0.29, 0.717) is 4.90 Å². The van der Waals surface area contributed by atoms with Gasteiger partial charge in [0.25, 0.3) is 0 Å². The number of benzene rings is 1. The molecule has 0 aliphatic heterocycles. The van der Waals surface area contributed by atoms with Crippen molar-refractivity contribution in [2.45, 2.75) is 36.3 Å². The van der Waals surface area contributed by atoms with Crippen LogP contribution in [0.3, 0.4) is 0 Å². The summed E-state index contributed by atoms with van der Waals surface area (Å²) < 4.78 is 24.5. The zero-order valence-electron chi connectivity index (χ0n) is 9.39. The van der Waals surface area contributed by atoms with Gasteiger partial charge in [-0.05, 0) is 38.3 Å². The molecule has 0 radical (unpaired) electrons. The third-order valence-electron chi connectivity index (χ3n) is 2.96. The molecule has 0 spiro atoms. The number of sulfone groups is 1. The molecule has 0 N–H and O–H groups in total. The van der Waals surface area contributed by atoms with E-state index in [1.807, 2.05) is 31.2 Å². The maximum Gasteiger partial charge on any atom is 0.184 e. The molecule has 1 aromatic rings. The van der Waals surface area contributed by atoms with Crippen LogP contribution in [0, 0.1) is 6.92 Å². The van der Waals surface area contributed by atoms with Crippen LogP contribution >= 0.6 is 0 Å². The van der Waals surface area contributed by atoms with E-state index in [4.69, 9.17) is 0 Å². The molecule has 2 rings (SSSR count). The fourth-order valence-electron chi connectivity index (χ4n) is 1.94. The molecule has 0 bridgehead atoms. The molecular weight excluding hydrogens is 220 g/mol. The molecule has 0 amide bonds. The molecule has 86 valence electrons. The van der Waals surface area contributed by atoms with Gasteiger partial charge in [-0.2, -0.15) is 0 Å². The van der Waals surface area contributed by atoms with Crippen molar-refractivity contribution in [2.24, 2.45) is 0 Å². The Balaban J connectivity index is 2.34. The van der Waals surface area contributed by atoms with E-state index in [1.165, 1.54) is 0 Å². The highest BCUT2D eigenvalue weighted by Crippen LogP contribution is 2.24. The van der Waals surface area contributed by atoms with Crippen LogP contribution in [0.25, 0.3) is 0 Å². The van der Waals surface area contributed by atoms with Gasteiger partial charge in [0.05, 0.1) is 10.1 Å². The Hall–Kier alpha value is -1.09. The number of rotatable bonds is 2. The monoisotopic (exact) mass is 236 g/mol. The van der Waals surface area contributed by atoms with Gasteiger partial charge in [-0.3, -0.25) is 0 Å². The van der Waals surface area contributed by atoms with Crippen LogP contribution in [0.5, 0.6) is 0 Å². The first-order valence-corrected chi connectivity index (χ1v) is 7.12. The molecule has 0 unspecified atom stereocenters. The number of hydrogen-bond donors (Lipinski definition) is 0. The van der Waals surface area contributed by atoms with Crippen molar-refractivity contribution < 1.29 is 8.42 Å². The minimum atomic E-state index is -3.17. The number of aryl methyl sites for hydroxylation is 1. The molecular formula is C13H16O2S. The van der Waals surface area contributed by atoms with Crippen molar-refractivity contribution in [3.8, 4) is 0 Å². The quantitative estimate of drug-likeness (QED) is 0.740. The van der Waals surface area contributed by atoms with E-state index < -0.39 is 9.84 Å². The summed E-state index contributed by atoms with van der Waals surface area (Å²) in [6.45, 7) is 1.96. The average molecular weight is 236 g/mol. The molecule has 0 aromatic heterocycles.